The van der Waals surface area contributed by atoms with Crippen LogP contribution in [0.5, 0.6) is 0 Å². The second-order valence-electron chi connectivity index (χ2n) is 7.23. The molecule has 1 aromatic carbocycles. The summed E-state index contributed by atoms with van der Waals surface area (Å²) in [6.07, 6.45) is 6.94. The zero-order chi connectivity index (χ0) is 18.4. The van der Waals surface area contributed by atoms with E-state index in [2.05, 4.69) is 10.3 Å². The van der Waals surface area contributed by atoms with Gasteiger partial charge in [0.05, 0.1) is 24.5 Å². The summed E-state index contributed by atoms with van der Waals surface area (Å²) in [5.74, 6) is -1.17. The first-order valence-corrected chi connectivity index (χ1v) is 9.08. The smallest absolute Gasteiger partial charge is 0.234 e. The van der Waals surface area contributed by atoms with Crippen LogP contribution in [0.2, 0.25) is 0 Å². The Morgan fingerprint density at radius 1 is 1.22 bits per heavy atom. The molecule has 0 aliphatic carbocycles. The molecule has 2 fully saturated rings. The topological polar surface area (TPSA) is 71.5 Å². The monoisotopic (exact) mass is 361 g/mol. The second kappa shape index (κ2) is 6.03. The molecule has 0 saturated carbocycles. The fourth-order valence-corrected chi connectivity index (χ4v) is 4.43. The number of ether oxygens (including phenoxy) is 1. The Balaban J connectivity index is 1.38. The number of pyridine rings is 1. The van der Waals surface area contributed by atoms with E-state index in [1.807, 2.05) is 54.6 Å². The lowest BCUT2D eigenvalue weighted by Gasteiger charge is -2.23. The van der Waals surface area contributed by atoms with Crippen molar-refractivity contribution in [2.75, 3.05) is 11.4 Å². The molecule has 2 amide bonds. The Labute approximate surface area is 156 Å². The van der Waals surface area contributed by atoms with Gasteiger partial charge in [-0.3, -0.25) is 14.6 Å². The van der Waals surface area contributed by atoms with Gasteiger partial charge in [-0.25, -0.2) is 0 Å². The van der Waals surface area contributed by atoms with E-state index in [0.29, 0.717) is 13.1 Å². The number of carbonyl (C=O) groups is 2. The normalized spacial score (nSPS) is 30.6. The van der Waals surface area contributed by atoms with E-state index >= 15 is 0 Å². The third-order valence-corrected chi connectivity index (χ3v) is 5.69. The zero-order valence-corrected chi connectivity index (χ0v) is 14.6. The van der Waals surface area contributed by atoms with E-state index in [9.17, 15) is 9.59 Å². The fourth-order valence-electron chi connectivity index (χ4n) is 4.43. The highest BCUT2D eigenvalue weighted by Crippen LogP contribution is 2.52. The molecule has 1 spiro atoms. The molecule has 6 nitrogen and oxygen atoms in total. The first-order chi connectivity index (χ1) is 13.2. The highest BCUT2D eigenvalue weighted by Gasteiger charge is 2.66. The number of anilines is 1. The van der Waals surface area contributed by atoms with Gasteiger partial charge in [-0.15, -0.1) is 0 Å². The summed E-state index contributed by atoms with van der Waals surface area (Å²) < 4.78 is 6.15. The molecule has 1 aromatic heterocycles. The number of amides is 2. The van der Waals surface area contributed by atoms with Gasteiger partial charge in [-0.1, -0.05) is 30.4 Å². The van der Waals surface area contributed by atoms with Crippen molar-refractivity contribution in [1.29, 1.82) is 0 Å². The summed E-state index contributed by atoms with van der Waals surface area (Å²) in [6.45, 7) is 0.853. The molecule has 4 atom stereocenters. The molecule has 0 radical (unpaired) electrons. The van der Waals surface area contributed by atoms with Crippen LogP contribution in [-0.2, 0) is 20.9 Å². The van der Waals surface area contributed by atoms with Gasteiger partial charge in [0.25, 0.3) is 0 Å². The minimum Gasteiger partial charge on any atom is -0.360 e. The Kier molecular flexibility index (Phi) is 3.62. The number of carbonyl (C=O) groups excluding carboxylic acids is 2. The van der Waals surface area contributed by atoms with E-state index in [4.69, 9.17) is 4.74 Å². The summed E-state index contributed by atoms with van der Waals surface area (Å²) in [5.41, 5.74) is 1.11. The Morgan fingerprint density at radius 3 is 2.78 bits per heavy atom. The molecule has 2 aromatic rings. The quantitative estimate of drug-likeness (QED) is 0.841. The van der Waals surface area contributed by atoms with Crippen LogP contribution in [0.15, 0.2) is 67.0 Å². The lowest BCUT2D eigenvalue weighted by molar-refractivity contribution is -0.132. The molecular weight excluding hydrogens is 342 g/mol. The molecule has 4 heterocycles. The van der Waals surface area contributed by atoms with Crippen molar-refractivity contribution in [3.63, 3.8) is 0 Å². The number of fused-ring (bicyclic) bond motifs is 1. The zero-order valence-electron chi connectivity index (χ0n) is 14.6. The lowest BCUT2D eigenvalue weighted by atomic mass is 9.77. The Morgan fingerprint density at radius 2 is 2.00 bits per heavy atom. The van der Waals surface area contributed by atoms with Gasteiger partial charge in [0.1, 0.15) is 5.60 Å². The Bertz CT molecular complexity index is 915. The minimum atomic E-state index is -0.698. The number of nitrogens with one attached hydrogen (secondary N) is 1. The van der Waals surface area contributed by atoms with Crippen molar-refractivity contribution in [1.82, 2.24) is 10.3 Å². The molecule has 1 N–H and O–H groups in total. The van der Waals surface area contributed by atoms with Crippen LogP contribution in [0.4, 0.5) is 5.69 Å². The molecular formula is C21H19N3O3. The van der Waals surface area contributed by atoms with Gasteiger partial charge in [0.15, 0.2) is 0 Å². The number of para-hydroxylation sites is 1. The maximum Gasteiger partial charge on any atom is 0.234 e. The average molecular weight is 361 g/mol. The molecule has 2 bridgehead atoms. The van der Waals surface area contributed by atoms with Crippen LogP contribution in [0.3, 0.4) is 0 Å². The van der Waals surface area contributed by atoms with Gasteiger partial charge in [-0.2, -0.15) is 0 Å². The maximum absolute atomic E-state index is 13.2. The SMILES string of the molecule is O=C(NCc1ccncc1)C1C2C=C[C@@]3(CN(c4ccccc4)C(=O)C13)O2. The van der Waals surface area contributed by atoms with Crippen LogP contribution >= 0.6 is 0 Å². The van der Waals surface area contributed by atoms with Gasteiger partial charge in [0, 0.05) is 24.6 Å². The highest BCUT2D eigenvalue weighted by atomic mass is 16.5. The predicted molar refractivity (Wildman–Crippen MR) is 98.6 cm³/mol. The predicted octanol–water partition coefficient (Wildman–Crippen LogP) is 1.68. The largest absolute Gasteiger partial charge is 0.360 e. The van der Waals surface area contributed by atoms with Gasteiger partial charge in [-0.05, 0) is 29.8 Å². The number of benzene rings is 1. The summed E-state index contributed by atoms with van der Waals surface area (Å²) in [7, 11) is 0. The number of hydrogen-bond donors (Lipinski definition) is 1. The summed E-state index contributed by atoms with van der Waals surface area (Å²) in [5, 5.41) is 2.96. The van der Waals surface area contributed by atoms with Crippen LogP contribution in [0, 0.1) is 11.8 Å². The van der Waals surface area contributed by atoms with E-state index in [-0.39, 0.29) is 17.9 Å². The van der Waals surface area contributed by atoms with Crippen LogP contribution < -0.4 is 10.2 Å². The first-order valence-electron chi connectivity index (χ1n) is 9.08. The minimum absolute atomic E-state index is 0.0443. The van der Waals surface area contributed by atoms with Crippen molar-refractivity contribution < 1.29 is 14.3 Å². The highest BCUT2D eigenvalue weighted by molar-refractivity contribution is 6.03. The molecule has 5 rings (SSSR count). The number of nitrogens with zero attached hydrogens (tertiary/aromatic N) is 2. The van der Waals surface area contributed by atoms with Gasteiger partial charge >= 0.3 is 0 Å². The third-order valence-electron chi connectivity index (χ3n) is 5.69. The number of rotatable bonds is 4. The summed E-state index contributed by atoms with van der Waals surface area (Å²) in [4.78, 5) is 31.8. The van der Waals surface area contributed by atoms with E-state index in [1.54, 1.807) is 17.3 Å². The number of aromatic nitrogens is 1. The molecule has 3 aliphatic rings. The van der Waals surface area contributed by atoms with Crippen molar-refractivity contribution >= 4 is 17.5 Å². The van der Waals surface area contributed by atoms with E-state index in [1.165, 1.54) is 0 Å². The average Bonchev–Trinajstić information content (AvgIpc) is 3.36. The molecule has 2 saturated heterocycles. The molecule has 6 heteroatoms. The standard InChI is InChI=1S/C21H19N3O3/c25-19(23-12-14-7-10-22-11-8-14)17-16-6-9-21(27-16)13-24(20(26)18(17)21)15-4-2-1-3-5-15/h1-11,16-18H,12-13H2,(H,23,25)/t16?,17?,18?,21-/m0/s1. The molecule has 3 unspecified atom stereocenters. The van der Waals surface area contributed by atoms with Crippen LogP contribution in [0.1, 0.15) is 5.56 Å². The van der Waals surface area contributed by atoms with Gasteiger partial charge < -0.3 is 15.0 Å². The number of hydrogen-bond acceptors (Lipinski definition) is 4. The summed E-state index contributed by atoms with van der Waals surface area (Å²) in [6, 6.07) is 13.3. The molecule has 27 heavy (non-hydrogen) atoms. The van der Waals surface area contributed by atoms with Gasteiger partial charge in [0.2, 0.25) is 11.8 Å². The Hall–Kier alpha value is -2.99. The fraction of sp³-hybridized carbons (Fsp3) is 0.286. The van der Waals surface area contributed by atoms with Crippen molar-refractivity contribution in [3.05, 3.63) is 72.6 Å². The maximum atomic E-state index is 13.2. The van der Waals surface area contributed by atoms with Crippen LogP contribution in [-0.4, -0.2) is 35.0 Å². The third kappa shape index (κ3) is 2.48. The van der Waals surface area contributed by atoms with Crippen molar-refractivity contribution in [2.24, 2.45) is 11.8 Å². The van der Waals surface area contributed by atoms with E-state index < -0.39 is 17.4 Å². The van der Waals surface area contributed by atoms with Crippen LogP contribution in [0.25, 0.3) is 0 Å². The first kappa shape index (κ1) is 16.2. The van der Waals surface area contributed by atoms with E-state index in [0.717, 1.165) is 11.3 Å². The van der Waals surface area contributed by atoms with Crippen molar-refractivity contribution in [2.45, 2.75) is 18.2 Å². The molecule has 3 aliphatic heterocycles. The second-order valence-corrected chi connectivity index (χ2v) is 7.23. The summed E-state index contributed by atoms with van der Waals surface area (Å²) >= 11 is 0. The lowest BCUT2D eigenvalue weighted by Crippen LogP contribution is -2.43. The van der Waals surface area contributed by atoms with Crippen molar-refractivity contribution in [3.8, 4) is 0 Å². The molecule has 136 valence electrons.